The van der Waals surface area contributed by atoms with Crippen molar-refractivity contribution < 1.29 is 14.6 Å². The smallest absolute Gasteiger partial charge is 0.335 e. The maximum Gasteiger partial charge on any atom is 0.335 e. The Kier molecular flexibility index (Phi) is 2.82. The van der Waals surface area contributed by atoms with Gasteiger partial charge >= 0.3 is 5.97 Å². The van der Waals surface area contributed by atoms with Gasteiger partial charge in [-0.3, -0.25) is 0 Å². The van der Waals surface area contributed by atoms with Crippen LogP contribution in [0, 0.1) is 11.3 Å². The number of hydrogen-bond donors (Lipinski definition) is 1. The number of carbonyl (C=O) groups is 1. The Morgan fingerprint density at radius 2 is 2.00 bits per heavy atom. The van der Waals surface area contributed by atoms with Gasteiger partial charge in [-0.05, 0) is 37.8 Å². The van der Waals surface area contributed by atoms with Crippen molar-refractivity contribution >= 4 is 5.97 Å². The van der Waals surface area contributed by atoms with Crippen LogP contribution in [0.1, 0.15) is 55.6 Å². The summed E-state index contributed by atoms with van der Waals surface area (Å²) >= 11 is 0. The Hall–Kier alpha value is -2.02. The highest BCUT2D eigenvalue weighted by molar-refractivity contribution is 5.89. The van der Waals surface area contributed by atoms with Crippen LogP contribution in [-0.4, -0.2) is 16.7 Å². The number of nitriles is 1. The Bertz CT molecular complexity index is 594. The van der Waals surface area contributed by atoms with E-state index in [1.54, 1.807) is 6.07 Å². The molecule has 1 aliphatic heterocycles. The topological polar surface area (TPSA) is 70.3 Å². The molecule has 0 unspecified atom stereocenters. The Morgan fingerprint density at radius 1 is 1.37 bits per heavy atom. The highest BCUT2D eigenvalue weighted by atomic mass is 16.5. The van der Waals surface area contributed by atoms with Gasteiger partial charge in [0.1, 0.15) is 17.4 Å². The minimum Gasteiger partial charge on any atom is -0.486 e. The van der Waals surface area contributed by atoms with Crippen LogP contribution in [0.3, 0.4) is 0 Å². The second-order valence-corrected chi connectivity index (χ2v) is 6.24. The van der Waals surface area contributed by atoms with Crippen molar-refractivity contribution in [2.45, 2.75) is 45.1 Å². The normalized spacial score (nSPS) is 18.9. The highest BCUT2D eigenvalue weighted by Crippen LogP contribution is 2.46. The number of fused-ring (bicyclic) bond motifs is 1. The van der Waals surface area contributed by atoms with Gasteiger partial charge in [0.2, 0.25) is 0 Å². The second-order valence-electron chi connectivity index (χ2n) is 6.24. The summed E-state index contributed by atoms with van der Waals surface area (Å²) in [5.41, 5.74) is 0.617. The van der Waals surface area contributed by atoms with Crippen LogP contribution in [0.2, 0.25) is 0 Å². The van der Waals surface area contributed by atoms with Crippen LogP contribution in [-0.2, 0) is 5.41 Å². The molecule has 0 aliphatic carbocycles. The number of carboxylic acid groups (broad SMARTS) is 1. The average molecular weight is 259 g/mol. The monoisotopic (exact) mass is 259 g/mol. The maximum absolute atomic E-state index is 11.1. The van der Waals surface area contributed by atoms with Gasteiger partial charge in [-0.15, -0.1) is 0 Å². The first kappa shape index (κ1) is 13.4. The lowest BCUT2D eigenvalue weighted by Gasteiger charge is -2.42. The number of aromatic carboxylic acids is 1. The molecule has 4 nitrogen and oxygen atoms in total. The van der Waals surface area contributed by atoms with E-state index < -0.39 is 5.97 Å². The molecule has 1 N–H and O–H groups in total. The molecule has 1 heterocycles. The van der Waals surface area contributed by atoms with E-state index in [0.717, 1.165) is 12.0 Å². The Morgan fingerprint density at radius 3 is 2.53 bits per heavy atom. The highest BCUT2D eigenvalue weighted by Gasteiger charge is 2.40. The largest absolute Gasteiger partial charge is 0.486 e. The molecule has 0 bridgehead atoms. The van der Waals surface area contributed by atoms with Crippen molar-refractivity contribution in [3.05, 3.63) is 28.8 Å². The molecular formula is C15H17NO3. The Labute approximate surface area is 112 Å². The van der Waals surface area contributed by atoms with E-state index in [9.17, 15) is 10.1 Å². The second kappa shape index (κ2) is 3.99. The van der Waals surface area contributed by atoms with Crippen LogP contribution in [0.25, 0.3) is 0 Å². The molecule has 0 atom stereocenters. The van der Waals surface area contributed by atoms with Gasteiger partial charge in [0.05, 0.1) is 11.1 Å². The van der Waals surface area contributed by atoms with E-state index in [1.165, 1.54) is 6.07 Å². The van der Waals surface area contributed by atoms with Gasteiger partial charge in [-0.2, -0.15) is 5.26 Å². The summed E-state index contributed by atoms with van der Waals surface area (Å²) in [5, 5.41) is 18.3. The number of rotatable bonds is 1. The summed E-state index contributed by atoms with van der Waals surface area (Å²) in [7, 11) is 0. The van der Waals surface area contributed by atoms with E-state index in [-0.39, 0.29) is 22.1 Å². The van der Waals surface area contributed by atoms with Gasteiger partial charge in [0.15, 0.2) is 0 Å². The molecule has 0 fully saturated rings. The first-order chi connectivity index (χ1) is 8.66. The number of carboxylic acids is 1. The predicted octanol–water partition coefficient (Wildman–Crippen LogP) is 3.10. The lowest BCUT2D eigenvalue weighted by molar-refractivity contribution is 0.0528. The fourth-order valence-electron chi connectivity index (χ4n) is 2.92. The van der Waals surface area contributed by atoms with E-state index in [1.807, 2.05) is 33.8 Å². The maximum atomic E-state index is 11.1. The SMILES string of the molecule is CC1(C)CC(C)(C)c2cc(C(=O)O)cc(C#N)c2O1. The van der Waals surface area contributed by atoms with Gasteiger partial charge in [-0.1, -0.05) is 13.8 Å². The molecule has 19 heavy (non-hydrogen) atoms. The van der Waals surface area contributed by atoms with Crippen molar-refractivity contribution in [2.75, 3.05) is 0 Å². The zero-order valence-corrected chi connectivity index (χ0v) is 11.6. The summed E-state index contributed by atoms with van der Waals surface area (Å²) in [6, 6.07) is 5.03. The molecule has 2 rings (SSSR count). The fourth-order valence-corrected chi connectivity index (χ4v) is 2.92. The van der Waals surface area contributed by atoms with Crippen molar-refractivity contribution in [1.82, 2.24) is 0 Å². The van der Waals surface area contributed by atoms with E-state index in [0.29, 0.717) is 5.75 Å². The zero-order valence-electron chi connectivity index (χ0n) is 11.6. The molecule has 4 heteroatoms. The fraction of sp³-hybridized carbons (Fsp3) is 0.467. The molecule has 1 aromatic carbocycles. The summed E-state index contributed by atoms with van der Waals surface area (Å²) in [6.45, 7) is 8.04. The minimum absolute atomic E-state index is 0.131. The third-order valence-electron chi connectivity index (χ3n) is 3.43. The molecule has 0 radical (unpaired) electrons. The van der Waals surface area contributed by atoms with Crippen molar-refractivity contribution in [1.29, 1.82) is 5.26 Å². The first-order valence-electron chi connectivity index (χ1n) is 6.17. The lowest BCUT2D eigenvalue weighted by Crippen LogP contribution is -2.41. The van der Waals surface area contributed by atoms with Gasteiger partial charge < -0.3 is 9.84 Å². The van der Waals surface area contributed by atoms with Crippen LogP contribution in [0.15, 0.2) is 12.1 Å². The van der Waals surface area contributed by atoms with Crippen LogP contribution < -0.4 is 4.74 Å². The summed E-state index contributed by atoms with van der Waals surface area (Å²) in [6.07, 6.45) is 0.765. The number of nitrogens with zero attached hydrogens (tertiary/aromatic N) is 1. The summed E-state index contributed by atoms with van der Waals surface area (Å²) in [4.78, 5) is 11.1. The molecule has 1 aliphatic rings. The third-order valence-corrected chi connectivity index (χ3v) is 3.43. The predicted molar refractivity (Wildman–Crippen MR) is 70.5 cm³/mol. The quantitative estimate of drug-likeness (QED) is 0.841. The van der Waals surface area contributed by atoms with Gasteiger partial charge in [0.25, 0.3) is 0 Å². The number of hydrogen-bond acceptors (Lipinski definition) is 3. The molecule has 0 aromatic heterocycles. The van der Waals surface area contributed by atoms with E-state index in [4.69, 9.17) is 9.84 Å². The number of ether oxygens (including phenoxy) is 1. The molecule has 1 aromatic rings. The van der Waals surface area contributed by atoms with Crippen LogP contribution in [0.5, 0.6) is 5.75 Å². The molecule has 0 saturated carbocycles. The van der Waals surface area contributed by atoms with E-state index >= 15 is 0 Å². The average Bonchev–Trinajstić information content (AvgIpc) is 2.25. The van der Waals surface area contributed by atoms with Crippen molar-refractivity contribution in [3.63, 3.8) is 0 Å². The first-order valence-corrected chi connectivity index (χ1v) is 6.17. The molecule has 0 saturated heterocycles. The zero-order chi connectivity index (χ0) is 14.4. The third kappa shape index (κ3) is 2.28. The lowest BCUT2D eigenvalue weighted by atomic mass is 9.73. The summed E-state index contributed by atoms with van der Waals surface area (Å²) < 4.78 is 5.90. The van der Waals surface area contributed by atoms with Gasteiger partial charge in [0, 0.05) is 5.56 Å². The minimum atomic E-state index is -1.03. The standard InChI is InChI=1S/C15H17NO3/c1-14(2)8-15(3,4)19-12-10(7-16)5-9(13(17)18)6-11(12)14/h5-6H,8H2,1-4H3,(H,17,18). The van der Waals surface area contributed by atoms with Crippen LogP contribution >= 0.6 is 0 Å². The van der Waals surface area contributed by atoms with Crippen molar-refractivity contribution in [3.8, 4) is 11.8 Å². The molecule has 0 amide bonds. The number of benzene rings is 1. The van der Waals surface area contributed by atoms with Gasteiger partial charge in [-0.25, -0.2) is 4.79 Å². The molecular weight excluding hydrogens is 242 g/mol. The molecule has 100 valence electrons. The summed E-state index contributed by atoms with van der Waals surface area (Å²) in [5.74, 6) is -0.506. The van der Waals surface area contributed by atoms with Crippen LogP contribution in [0.4, 0.5) is 0 Å². The molecule has 0 spiro atoms. The van der Waals surface area contributed by atoms with Crippen molar-refractivity contribution in [2.24, 2.45) is 0 Å². The Balaban J connectivity index is 2.73. The van der Waals surface area contributed by atoms with E-state index in [2.05, 4.69) is 0 Å².